The maximum Gasteiger partial charge on any atom is 0.407 e. The number of carbonyl (C=O) groups excluding carboxylic acids is 1. The van der Waals surface area contributed by atoms with Crippen LogP contribution in [-0.2, 0) is 4.74 Å². The smallest absolute Gasteiger partial charge is 0.407 e. The molecule has 1 heterocycles. The van der Waals surface area contributed by atoms with Gasteiger partial charge in [-0.2, -0.15) is 0 Å². The molecule has 0 aromatic rings. The van der Waals surface area contributed by atoms with Crippen LogP contribution in [-0.4, -0.2) is 65.8 Å². The third-order valence-electron chi connectivity index (χ3n) is 6.34. The number of nitrogens with zero attached hydrogens (tertiary/aromatic N) is 2. The third kappa shape index (κ3) is 5.59. The Morgan fingerprint density at radius 1 is 0.846 bits per heavy atom. The number of nitrogens with one attached hydrogen (secondary N) is 1. The molecule has 26 heavy (non-hydrogen) atoms. The average Bonchev–Trinajstić information content (AvgIpc) is 2.61. The first kappa shape index (κ1) is 19.9. The largest absolute Gasteiger partial charge is 0.444 e. The first-order chi connectivity index (χ1) is 12.4. The minimum absolute atomic E-state index is 0.236. The van der Waals surface area contributed by atoms with Gasteiger partial charge in [0.1, 0.15) is 5.60 Å². The van der Waals surface area contributed by atoms with Crippen molar-refractivity contribution in [1.29, 1.82) is 0 Å². The molecule has 1 N–H and O–H groups in total. The topological polar surface area (TPSA) is 44.8 Å². The SMILES string of the molecule is CC(C)(C)OC(=O)N[C@H]1CCCC[C@@H]1N1CCN(C2CCCCC2)CC1. The van der Waals surface area contributed by atoms with Crippen LogP contribution in [0.15, 0.2) is 0 Å². The van der Waals surface area contributed by atoms with E-state index in [-0.39, 0.29) is 12.1 Å². The van der Waals surface area contributed by atoms with Crippen molar-refractivity contribution in [2.24, 2.45) is 0 Å². The highest BCUT2D eigenvalue weighted by Gasteiger charge is 2.35. The van der Waals surface area contributed by atoms with Gasteiger partial charge in [-0.15, -0.1) is 0 Å². The molecule has 0 spiro atoms. The molecule has 3 rings (SSSR count). The molecule has 5 heteroatoms. The summed E-state index contributed by atoms with van der Waals surface area (Å²) in [5, 5.41) is 3.18. The van der Waals surface area contributed by atoms with Gasteiger partial charge in [-0.3, -0.25) is 9.80 Å². The fourth-order valence-electron chi connectivity index (χ4n) is 5.06. The second-order valence-corrected chi connectivity index (χ2v) is 9.47. The van der Waals surface area contributed by atoms with Crippen LogP contribution in [0.25, 0.3) is 0 Å². The summed E-state index contributed by atoms with van der Waals surface area (Å²) in [5.41, 5.74) is -0.431. The number of piperazine rings is 1. The zero-order valence-corrected chi connectivity index (χ0v) is 17.1. The lowest BCUT2D eigenvalue weighted by atomic mass is 9.88. The molecule has 150 valence electrons. The zero-order valence-electron chi connectivity index (χ0n) is 17.1. The Hall–Kier alpha value is -0.810. The van der Waals surface area contributed by atoms with Gasteiger partial charge in [0.2, 0.25) is 0 Å². The lowest BCUT2D eigenvalue weighted by molar-refractivity contribution is 0.0239. The Labute approximate surface area is 159 Å². The van der Waals surface area contributed by atoms with Crippen LogP contribution in [0.5, 0.6) is 0 Å². The number of alkyl carbamates (subject to hydrolysis) is 1. The fraction of sp³-hybridized carbons (Fsp3) is 0.952. The molecule has 1 aliphatic heterocycles. The maximum absolute atomic E-state index is 12.3. The second kappa shape index (κ2) is 8.92. The van der Waals surface area contributed by atoms with E-state index in [9.17, 15) is 4.79 Å². The first-order valence-corrected chi connectivity index (χ1v) is 10.9. The summed E-state index contributed by atoms with van der Waals surface area (Å²) < 4.78 is 5.50. The van der Waals surface area contributed by atoms with Crippen molar-refractivity contribution in [2.45, 2.75) is 102 Å². The molecule has 1 amide bonds. The van der Waals surface area contributed by atoms with Crippen LogP contribution in [0.2, 0.25) is 0 Å². The van der Waals surface area contributed by atoms with Crippen LogP contribution in [0.4, 0.5) is 4.79 Å². The predicted molar refractivity (Wildman–Crippen MR) is 105 cm³/mol. The quantitative estimate of drug-likeness (QED) is 0.827. The third-order valence-corrected chi connectivity index (χ3v) is 6.34. The van der Waals surface area contributed by atoms with E-state index in [1.807, 2.05) is 20.8 Å². The van der Waals surface area contributed by atoms with E-state index in [0.29, 0.717) is 6.04 Å². The summed E-state index contributed by atoms with van der Waals surface area (Å²) >= 11 is 0. The van der Waals surface area contributed by atoms with Crippen molar-refractivity contribution in [2.75, 3.05) is 26.2 Å². The molecular formula is C21H39N3O2. The standard InChI is InChI=1S/C21H39N3O2/c1-21(2,3)26-20(25)22-18-11-7-8-12-19(18)24-15-13-23(14-16-24)17-9-5-4-6-10-17/h17-19H,4-16H2,1-3H3,(H,22,25)/t18-,19-/m0/s1. The Morgan fingerprint density at radius 3 is 2.08 bits per heavy atom. The number of hydrogen-bond donors (Lipinski definition) is 1. The Balaban J connectivity index is 1.51. The Morgan fingerprint density at radius 2 is 1.42 bits per heavy atom. The van der Waals surface area contributed by atoms with Crippen molar-refractivity contribution >= 4 is 6.09 Å². The van der Waals surface area contributed by atoms with E-state index in [0.717, 1.165) is 25.6 Å². The van der Waals surface area contributed by atoms with Crippen LogP contribution in [0, 0.1) is 0 Å². The van der Waals surface area contributed by atoms with Crippen LogP contribution < -0.4 is 5.32 Å². The predicted octanol–water partition coefficient (Wildman–Crippen LogP) is 3.77. The molecule has 5 nitrogen and oxygen atoms in total. The summed E-state index contributed by atoms with van der Waals surface area (Å²) in [4.78, 5) is 17.6. The van der Waals surface area contributed by atoms with Gasteiger partial charge in [-0.1, -0.05) is 32.1 Å². The molecule has 2 aliphatic carbocycles. The molecule has 2 atom stereocenters. The Kier molecular flexibility index (Phi) is 6.84. The molecule has 0 unspecified atom stereocenters. The minimum atomic E-state index is -0.431. The highest BCUT2D eigenvalue weighted by Crippen LogP contribution is 2.27. The number of ether oxygens (including phenoxy) is 1. The van der Waals surface area contributed by atoms with Gasteiger partial charge >= 0.3 is 6.09 Å². The summed E-state index contributed by atoms with van der Waals surface area (Å²) in [6, 6.07) is 1.54. The monoisotopic (exact) mass is 365 g/mol. The van der Waals surface area contributed by atoms with E-state index >= 15 is 0 Å². The minimum Gasteiger partial charge on any atom is -0.444 e. The van der Waals surface area contributed by atoms with Crippen molar-refractivity contribution < 1.29 is 9.53 Å². The van der Waals surface area contributed by atoms with E-state index in [1.54, 1.807) is 0 Å². The van der Waals surface area contributed by atoms with Gasteiger partial charge < -0.3 is 10.1 Å². The lowest BCUT2D eigenvalue weighted by Gasteiger charge is -2.46. The van der Waals surface area contributed by atoms with Gasteiger partial charge in [0.05, 0.1) is 0 Å². The molecule has 0 aromatic heterocycles. The molecule has 3 aliphatic rings. The van der Waals surface area contributed by atoms with Gasteiger partial charge in [0.15, 0.2) is 0 Å². The van der Waals surface area contributed by atoms with Crippen LogP contribution >= 0.6 is 0 Å². The summed E-state index contributed by atoms with van der Waals surface area (Å²) in [5.74, 6) is 0. The van der Waals surface area contributed by atoms with E-state index < -0.39 is 5.60 Å². The number of carbonyl (C=O) groups is 1. The Bertz CT molecular complexity index is 449. The van der Waals surface area contributed by atoms with E-state index in [2.05, 4.69) is 15.1 Å². The van der Waals surface area contributed by atoms with Gasteiger partial charge in [-0.05, 0) is 46.5 Å². The van der Waals surface area contributed by atoms with E-state index in [4.69, 9.17) is 4.74 Å². The van der Waals surface area contributed by atoms with Crippen molar-refractivity contribution in [3.05, 3.63) is 0 Å². The number of rotatable bonds is 3. The maximum atomic E-state index is 12.3. The van der Waals surface area contributed by atoms with Crippen molar-refractivity contribution in [3.8, 4) is 0 Å². The molecule has 1 saturated heterocycles. The highest BCUT2D eigenvalue weighted by molar-refractivity contribution is 5.68. The first-order valence-electron chi connectivity index (χ1n) is 10.9. The van der Waals surface area contributed by atoms with Crippen LogP contribution in [0.1, 0.15) is 78.6 Å². The van der Waals surface area contributed by atoms with Crippen LogP contribution in [0.3, 0.4) is 0 Å². The van der Waals surface area contributed by atoms with Gasteiger partial charge in [-0.25, -0.2) is 4.79 Å². The normalized spacial score (nSPS) is 30.1. The summed E-state index contributed by atoms with van der Waals surface area (Å²) in [6.07, 6.45) is 11.5. The molecule has 0 radical (unpaired) electrons. The molecule has 3 fully saturated rings. The average molecular weight is 366 g/mol. The number of hydrogen-bond acceptors (Lipinski definition) is 4. The molecule has 0 aromatic carbocycles. The van der Waals surface area contributed by atoms with Crippen molar-refractivity contribution in [1.82, 2.24) is 15.1 Å². The number of amides is 1. The molecular weight excluding hydrogens is 326 g/mol. The van der Waals surface area contributed by atoms with Gasteiger partial charge in [0.25, 0.3) is 0 Å². The van der Waals surface area contributed by atoms with Crippen molar-refractivity contribution in [3.63, 3.8) is 0 Å². The zero-order chi connectivity index (χ0) is 18.6. The van der Waals surface area contributed by atoms with Gasteiger partial charge in [0, 0.05) is 44.3 Å². The molecule has 0 bridgehead atoms. The molecule has 2 saturated carbocycles. The second-order valence-electron chi connectivity index (χ2n) is 9.47. The summed E-state index contributed by atoms with van der Waals surface area (Å²) in [7, 11) is 0. The lowest BCUT2D eigenvalue weighted by Crippen LogP contribution is -2.59. The highest BCUT2D eigenvalue weighted by atomic mass is 16.6. The van der Waals surface area contributed by atoms with E-state index in [1.165, 1.54) is 64.5 Å². The fourth-order valence-corrected chi connectivity index (χ4v) is 5.06. The summed E-state index contributed by atoms with van der Waals surface area (Å²) in [6.45, 7) is 10.5.